The highest BCUT2D eigenvalue weighted by Gasteiger charge is 2.21. The van der Waals surface area contributed by atoms with Crippen molar-refractivity contribution in [2.75, 3.05) is 13.1 Å². The number of aromatic nitrogens is 2. The van der Waals surface area contributed by atoms with Gasteiger partial charge < -0.3 is 15.6 Å². The zero-order chi connectivity index (χ0) is 17.6. The van der Waals surface area contributed by atoms with Crippen LogP contribution in [-0.2, 0) is 17.6 Å². The van der Waals surface area contributed by atoms with Gasteiger partial charge in [0.25, 0.3) is 0 Å². The number of rotatable bonds is 7. The number of amides is 1. The van der Waals surface area contributed by atoms with Crippen molar-refractivity contribution >= 4 is 16.8 Å². The molecule has 3 N–H and O–H groups in total. The number of likely N-dealkylation sites (N-methyl/N-ethyl adjacent to an activating group) is 1. The molecule has 0 saturated carbocycles. The van der Waals surface area contributed by atoms with Gasteiger partial charge in [-0.1, -0.05) is 18.2 Å². The third-order valence-corrected chi connectivity index (χ3v) is 4.55. The molecule has 25 heavy (non-hydrogen) atoms. The van der Waals surface area contributed by atoms with Crippen LogP contribution < -0.4 is 5.73 Å². The summed E-state index contributed by atoms with van der Waals surface area (Å²) in [5, 5.41) is 1.13. The molecule has 0 aliphatic rings. The lowest BCUT2D eigenvalue weighted by Crippen LogP contribution is -2.45. The molecule has 3 aromatic rings. The summed E-state index contributed by atoms with van der Waals surface area (Å²) < 4.78 is 0. The Morgan fingerprint density at radius 2 is 2.00 bits per heavy atom. The van der Waals surface area contributed by atoms with E-state index in [-0.39, 0.29) is 5.91 Å². The van der Waals surface area contributed by atoms with Crippen LogP contribution in [0.5, 0.6) is 0 Å². The van der Waals surface area contributed by atoms with E-state index in [0.29, 0.717) is 19.5 Å². The Kier molecular flexibility index (Phi) is 5.46. The molecular formula is C20H24N4O. The van der Waals surface area contributed by atoms with Crippen LogP contribution in [0.25, 0.3) is 10.9 Å². The number of fused-ring (bicyclic) bond motifs is 1. The number of hydrogen-bond acceptors (Lipinski definition) is 3. The highest BCUT2D eigenvalue weighted by atomic mass is 16.2. The third-order valence-electron chi connectivity index (χ3n) is 4.55. The van der Waals surface area contributed by atoms with Crippen LogP contribution in [0.4, 0.5) is 0 Å². The number of H-pyrrole nitrogens is 1. The Bertz CT molecular complexity index is 828. The lowest BCUT2D eigenvalue weighted by atomic mass is 10.0. The number of pyridine rings is 1. The molecule has 0 aliphatic carbocycles. The fourth-order valence-corrected chi connectivity index (χ4v) is 3.10. The van der Waals surface area contributed by atoms with E-state index < -0.39 is 6.04 Å². The highest BCUT2D eigenvalue weighted by molar-refractivity contribution is 5.86. The second-order valence-electron chi connectivity index (χ2n) is 6.19. The molecule has 2 heterocycles. The van der Waals surface area contributed by atoms with Crippen LogP contribution in [0.3, 0.4) is 0 Å². The van der Waals surface area contributed by atoms with Crippen LogP contribution in [0.2, 0.25) is 0 Å². The molecule has 5 nitrogen and oxygen atoms in total. The van der Waals surface area contributed by atoms with E-state index in [1.54, 1.807) is 12.4 Å². The smallest absolute Gasteiger partial charge is 0.239 e. The van der Waals surface area contributed by atoms with Gasteiger partial charge in [-0.25, -0.2) is 0 Å². The third kappa shape index (κ3) is 4.06. The number of hydrogen-bond donors (Lipinski definition) is 2. The van der Waals surface area contributed by atoms with Gasteiger partial charge in [0, 0.05) is 42.6 Å². The van der Waals surface area contributed by atoms with E-state index in [1.165, 1.54) is 5.56 Å². The molecule has 1 amide bonds. The van der Waals surface area contributed by atoms with Crippen molar-refractivity contribution in [3.63, 3.8) is 0 Å². The first-order valence-corrected chi connectivity index (χ1v) is 8.67. The number of benzene rings is 1. The second-order valence-corrected chi connectivity index (χ2v) is 6.19. The zero-order valence-corrected chi connectivity index (χ0v) is 14.5. The summed E-state index contributed by atoms with van der Waals surface area (Å²) in [5.74, 6) is 0.00170. The van der Waals surface area contributed by atoms with Crippen LogP contribution in [-0.4, -0.2) is 39.9 Å². The van der Waals surface area contributed by atoms with Gasteiger partial charge in [-0.2, -0.15) is 0 Å². The van der Waals surface area contributed by atoms with Crippen LogP contribution in [0, 0.1) is 0 Å². The Hall–Kier alpha value is -2.66. The summed E-state index contributed by atoms with van der Waals surface area (Å²) in [4.78, 5) is 21.8. The zero-order valence-electron chi connectivity index (χ0n) is 14.5. The summed E-state index contributed by atoms with van der Waals surface area (Å²) >= 11 is 0. The van der Waals surface area contributed by atoms with Crippen molar-refractivity contribution in [2.24, 2.45) is 5.73 Å². The molecule has 130 valence electrons. The van der Waals surface area contributed by atoms with Crippen molar-refractivity contribution in [2.45, 2.75) is 25.8 Å². The molecule has 0 spiro atoms. The number of aromatic amines is 1. The van der Waals surface area contributed by atoms with Crippen LogP contribution in [0.15, 0.2) is 55.0 Å². The lowest BCUT2D eigenvalue weighted by Gasteiger charge is -2.24. The second kappa shape index (κ2) is 7.94. The maximum absolute atomic E-state index is 12.7. The maximum atomic E-state index is 12.7. The number of nitrogens with one attached hydrogen (secondary N) is 1. The fraction of sp³-hybridized carbons (Fsp3) is 0.300. The first kappa shape index (κ1) is 17.2. The van der Waals surface area contributed by atoms with E-state index in [2.05, 4.69) is 16.0 Å². The Labute approximate surface area is 147 Å². The van der Waals surface area contributed by atoms with Gasteiger partial charge in [0.1, 0.15) is 0 Å². The lowest BCUT2D eigenvalue weighted by molar-refractivity contribution is -0.132. The van der Waals surface area contributed by atoms with Gasteiger partial charge in [0.05, 0.1) is 6.04 Å². The standard InChI is InChI=1S/C20H24N4O/c1-2-24(12-9-15-7-10-22-11-8-15)20(25)18(21)13-16-14-23-19-6-4-3-5-17(16)19/h3-8,10-11,14,18,23H,2,9,12-13,21H2,1H3/t18-/m0/s1. The minimum Gasteiger partial charge on any atom is -0.361 e. The molecule has 1 aromatic carbocycles. The van der Waals surface area contributed by atoms with Crippen molar-refractivity contribution < 1.29 is 4.79 Å². The number of nitrogens with zero attached hydrogens (tertiary/aromatic N) is 2. The number of carbonyl (C=O) groups is 1. The first-order valence-electron chi connectivity index (χ1n) is 8.67. The summed E-state index contributed by atoms with van der Waals surface area (Å²) in [6.07, 6.45) is 6.84. The normalized spacial score (nSPS) is 12.2. The van der Waals surface area contributed by atoms with Crippen molar-refractivity contribution in [1.29, 1.82) is 0 Å². The van der Waals surface area contributed by atoms with Gasteiger partial charge in [-0.15, -0.1) is 0 Å². The molecule has 0 unspecified atom stereocenters. The molecule has 3 rings (SSSR count). The Morgan fingerprint density at radius 3 is 2.76 bits per heavy atom. The molecule has 1 atom stereocenters. The summed E-state index contributed by atoms with van der Waals surface area (Å²) in [7, 11) is 0. The summed E-state index contributed by atoms with van der Waals surface area (Å²) in [5.41, 5.74) is 9.56. The average molecular weight is 336 g/mol. The summed E-state index contributed by atoms with van der Waals surface area (Å²) in [6.45, 7) is 3.31. The Balaban J connectivity index is 1.63. The molecule has 0 aliphatic heterocycles. The molecule has 0 radical (unpaired) electrons. The van der Waals surface area contributed by atoms with Gasteiger partial charge in [0.2, 0.25) is 5.91 Å². The number of carbonyl (C=O) groups excluding carboxylic acids is 1. The average Bonchev–Trinajstić information content (AvgIpc) is 3.06. The molecule has 0 saturated heterocycles. The largest absolute Gasteiger partial charge is 0.361 e. The monoisotopic (exact) mass is 336 g/mol. The van der Waals surface area contributed by atoms with E-state index >= 15 is 0 Å². The van der Waals surface area contributed by atoms with Crippen molar-refractivity contribution in [3.8, 4) is 0 Å². The van der Waals surface area contributed by atoms with Crippen LogP contribution in [0.1, 0.15) is 18.1 Å². The predicted molar refractivity (Wildman–Crippen MR) is 100 cm³/mol. The fourth-order valence-electron chi connectivity index (χ4n) is 3.10. The van der Waals surface area contributed by atoms with Crippen molar-refractivity contribution in [3.05, 3.63) is 66.1 Å². The molecular weight excluding hydrogens is 312 g/mol. The van der Waals surface area contributed by atoms with E-state index in [0.717, 1.165) is 22.9 Å². The van der Waals surface area contributed by atoms with Gasteiger partial charge in [-0.05, 0) is 49.1 Å². The van der Waals surface area contributed by atoms with E-state index in [4.69, 9.17) is 5.73 Å². The molecule has 0 bridgehead atoms. The Morgan fingerprint density at radius 1 is 1.24 bits per heavy atom. The molecule has 5 heteroatoms. The molecule has 2 aromatic heterocycles. The molecule has 0 fully saturated rings. The van der Waals surface area contributed by atoms with E-state index in [9.17, 15) is 4.79 Å². The topological polar surface area (TPSA) is 75.0 Å². The number of nitrogens with two attached hydrogens (primary N) is 1. The quantitative estimate of drug-likeness (QED) is 0.696. The predicted octanol–water partition coefficient (Wildman–Crippen LogP) is 2.52. The summed E-state index contributed by atoms with van der Waals surface area (Å²) in [6, 6.07) is 11.5. The highest BCUT2D eigenvalue weighted by Crippen LogP contribution is 2.19. The SMILES string of the molecule is CCN(CCc1ccncc1)C(=O)[C@@H](N)Cc1c[nH]c2ccccc12. The minimum atomic E-state index is -0.531. The van der Waals surface area contributed by atoms with Gasteiger partial charge in [0.15, 0.2) is 0 Å². The maximum Gasteiger partial charge on any atom is 0.239 e. The van der Waals surface area contributed by atoms with Gasteiger partial charge >= 0.3 is 0 Å². The van der Waals surface area contributed by atoms with E-state index in [1.807, 2.05) is 48.4 Å². The number of para-hydroxylation sites is 1. The van der Waals surface area contributed by atoms with Crippen molar-refractivity contribution in [1.82, 2.24) is 14.9 Å². The van der Waals surface area contributed by atoms with Gasteiger partial charge in [-0.3, -0.25) is 9.78 Å². The minimum absolute atomic E-state index is 0.00170. The first-order chi connectivity index (χ1) is 12.2. The van der Waals surface area contributed by atoms with Crippen LogP contribution >= 0.6 is 0 Å².